The molecule has 3 heterocycles. The number of rotatable bonds is 2. The molecule has 0 spiro atoms. The molecular weight excluding hydrogens is 368 g/mol. The van der Waals surface area contributed by atoms with Gasteiger partial charge in [-0.05, 0) is 0 Å². The van der Waals surface area contributed by atoms with Gasteiger partial charge < -0.3 is 9.64 Å². The van der Waals surface area contributed by atoms with Crippen molar-refractivity contribution < 1.29 is 9.30 Å². The second-order valence-electron chi connectivity index (χ2n) is 4.73. The van der Waals surface area contributed by atoms with Crippen molar-refractivity contribution in [3.8, 4) is 5.69 Å². The van der Waals surface area contributed by atoms with Gasteiger partial charge in [0.2, 0.25) is 0 Å². The minimum atomic E-state index is 0.121. The van der Waals surface area contributed by atoms with Gasteiger partial charge in [-0.2, -0.15) is 4.57 Å². The van der Waals surface area contributed by atoms with Gasteiger partial charge in [-0.3, -0.25) is 0 Å². The number of hydrogen-bond donors (Lipinski definition) is 0. The van der Waals surface area contributed by atoms with Crippen molar-refractivity contribution in [3.63, 3.8) is 0 Å². The van der Waals surface area contributed by atoms with Gasteiger partial charge in [0.1, 0.15) is 0 Å². The summed E-state index contributed by atoms with van der Waals surface area (Å²) in [5.74, 6) is 0. The summed E-state index contributed by atoms with van der Waals surface area (Å²) in [7, 11) is 0. The van der Waals surface area contributed by atoms with E-state index in [0.717, 1.165) is 32.0 Å². The lowest BCUT2D eigenvalue weighted by molar-refractivity contribution is -0.595. The first-order chi connectivity index (χ1) is 10.6. The number of hydrogen-bond acceptors (Lipinski definition) is 3. The third-order valence-corrected chi connectivity index (χ3v) is 4.88. The minimum absolute atomic E-state index is 0.121. The van der Waals surface area contributed by atoms with E-state index in [1.807, 2.05) is 24.5 Å². The Hall–Kier alpha value is -0.780. The fraction of sp³-hybridized carbons (Fsp3) is 0.286. The number of ether oxygens (including phenoxy) is 1. The molecule has 1 fully saturated rings. The van der Waals surface area contributed by atoms with Crippen molar-refractivity contribution in [2.45, 2.75) is 0 Å². The van der Waals surface area contributed by atoms with Crippen LogP contribution in [0.3, 0.4) is 0 Å². The number of aromatic nitrogens is 2. The van der Waals surface area contributed by atoms with Gasteiger partial charge in [0.25, 0.3) is 5.69 Å². The van der Waals surface area contributed by atoms with Crippen LogP contribution in [0.5, 0.6) is 0 Å². The lowest BCUT2D eigenvalue weighted by Gasteiger charge is -2.28. The molecule has 0 aromatic carbocycles. The van der Waals surface area contributed by atoms with Crippen LogP contribution in [0.2, 0.25) is 20.4 Å². The maximum Gasteiger partial charge on any atom is 0.254 e. The molecule has 1 saturated heterocycles. The highest BCUT2D eigenvalue weighted by Crippen LogP contribution is 2.34. The van der Waals surface area contributed by atoms with Crippen molar-refractivity contribution in [3.05, 3.63) is 44.9 Å². The summed E-state index contributed by atoms with van der Waals surface area (Å²) in [6.45, 7) is 3.22. The first-order valence-electron chi connectivity index (χ1n) is 6.62. The summed E-state index contributed by atoms with van der Waals surface area (Å²) < 4.78 is 7.13. The van der Waals surface area contributed by atoms with E-state index in [9.17, 15) is 0 Å². The lowest BCUT2D eigenvalue weighted by Crippen LogP contribution is -2.37. The van der Waals surface area contributed by atoms with E-state index in [1.165, 1.54) is 0 Å². The molecule has 0 saturated carbocycles. The number of anilines is 1. The predicted molar refractivity (Wildman–Crippen MR) is 88.8 cm³/mol. The highest BCUT2D eigenvalue weighted by molar-refractivity contribution is 6.47. The summed E-state index contributed by atoms with van der Waals surface area (Å²) in [6, 6.07) is 3.97. The lowest BCUT2D eigenvalue weighted by atomic mass is 10.3. The van der Waals surface area contributed by atoms with Crippen LogP contribution in [0.15, 0.2) is 24.5 Å². The maximum absolute atomic E-state index is 6.21. The van der Waals surface area contributed by atoms with E-state index in [-0.39, 0.29) is 20.4 Å². The average molecular weight is 380 g/mol. The zero-order valence-corrected chi connectivity index (χ0v) is 14.4. The molecule has 4 nitrogen and oxygen atoms in total. The maximum atomic E-state index is 6.21. The van der Waals surface area contributed by atoms with E-state index < -0.39 is 0 Å². The third-order valence-electron chi connectivity index (χ3n) is 3.42. The van der Waals surface area contributed by atoms with Crippen molar-refractivity contribution in [2.24, 2.45) is 0 Å². The molecule has 1 aliphatic heterocycles. The molecule has 0 atom stereocenters. The van der Waals surface area contributed by atoms with Gasteiger partial charge in [-0.1, -0.05) is 46.4 Å². The van der Waals surface area contributed by atoms with E-state index >= 15 is 0 Å². The molecule has 116 valence electrons. The molecule has 8 heteroatoms. The zero-order valence-electron chi connectivity index (χ0n) is 11.4. The van der Waals surface area contributed by atoms with Crippen molar-refractivity contribution in [1.29, 1.82) is 0 Å². The van der Waals surface area contributed by atoms with Gasteiger partial charge in [-0.25, -0.2) is 4.98 Å². The molecular formula is C14H12Cl4N3O+. The smallest absolute Gasteiger partial charge is 0.254 e. The molecule has 0 bridgehead atoms. The number of morpholine rings is 1. The second-order valence-corrected chi connectivity index (χ2v) is 6.20. The van der Waals surface area contributed by atoms with Gasteiger partial charge in [-0.15, -0.1) is 0 Å². The number of nitrogens with zero attached hydrogens (tertiary/aromatic N) is 3. The van der Waals surface area contributed by atoms with Crippen LogP contribution in [0.25, 0.3) is 5.69 Å². The van der Waals surface area contributed by atoms with Crippen LogP contribution in [0, 0.1) is 0 Å². The Balaban J connectivity index is 1.96. The highest BCUT2D eigenvalue weighted by Gasteiger charge is 2.24. The molecule has 1 aliphatic rings. The van der Waals surface area contributed by atoms with Crippen LogP contribution in [-0.4, -0.2) is 31.3 Å². The Morgan fingerprint density at radius 3 is 2.05 bits per heavy atom. The second kappa shape index (κ2) is 6.77. The molecule has 2 aromatic rings. The summed E-state index contributed by atoms with van der Waals surface area (Å²) in [5.41, 5.74) is 1.62. The third kappa shape index (κ3) is 3.12. The first kappa shape index (κ1) is 16.1. The van der Waals surface area contributed by atoms with Crippen LogP contribution < -0.4 is 9.47 Å². The molecule has 0 N–H and O–H groups in total. The predicted octanol–water partition coefficient (Wildman–Crippen LogP) is 3.81. The summed E-state index contributed by atoms with van der Waals surface area (Å²) in [4.78, 5) is 6.13. The molecule has 0 aliphatic carbocycles. The normalized spacial score (nSPS) is 15.2. The minimum Gasteiger partial charge on any atom is -0.378 e. The Morgan fingerprint density at radius 2 is 1.50 bits per heavy atom. The average Bonchev–Trinajstić information content (AvgIpc) is 2.55. The Bertz CT molecular complexity index is 661. The van der Waals surface area contributed by atoms with Crippen LogP contribution in [0.1, 0.15) is 0 Å². The molecule has 0 amide bonds. The summed E-state index contributed by atoms with van der Waals surface area (Å²) in [6.07, 6.45) is 3.73. The fourth-order valence-corrected chi connectivity index (χ4v) is 3.21. The standard InChI is InChI=1S/C14H12Cl4N3O/c15-10-12(11(16)14(18)19-13(10)17)21-3-1-9(2-4-21)20-5-7-22-8-6-20/h1-4H,5-8H2/q+1. The van der Waals surface area contributed by atoms with E-state index in [1.54, 1.807) is 4.57 Å². The fourth-order valence-electron chi connectivity index (χ4n) is 2.30. The topological polar surface area (TPSA) is 29.2 Å². The summed E-state index contributed by atoms with van der Waals surface area (Å²) >= 11 is 24.4. The largest absolute Gasteiger partial charge is 0.378 e. The molecule has 3 rings (SSSR count). The van der Waals surface area contributed by atoms with Crippen LogP contribution >= 0.6 is 46.4 Å². The molecule has 0 unspecified atom stereocenters. The number of halogens is 4. The molecule has 0 radical (unpaired) electrons. The Morgan fingerprint density at radius 1 is 0.955 bits per heavy atom. The zero-order chi connectivity index (χ0) is 15.7. The molecule has 22 heavy (non-hydrogen) atoms. The van der Waals surface area contributed by atoms with Crippen LogP contribution in [0.4, 0.5) is 5.69 Å². The van der Waals surface area contributed by atoms with E-state index in [0.29, 0.717) is 5.69 Å². The Labute approximate surface area is 148 Å². The Kier molecular flexibility index (Phi) is 4.95. The first-order valence-corrected chi connectivity index (χ1v) is 8.13. The van der Waals surface area contributed by atoms with Gasteiger partial charge in [0, 0.05) is 30.9 Å². The summed E-state index contributed by atoms with van der Waals surface area (Å²) in [5, 5.41) is 0.770. The SMILES string of the molecule is Clc1nc(Cl)c(Cl)c(-[n+]2ccc(N3CCOCC3)cc2)c1Cl. The van der Waals surface area contributed by atoms with Crippen molar-refractivity contribution >= 4 is 52.1 Å². The van der Waals surface area contributed by atoms with Gasteiger partial charge >= 0.3 is 0 Å². The van der Waals surface area contributed by atoms with E-state index in [4.69, 9.17) is 51.1 Å². The van der Waals surface area contributed by atoms with Gasteiger partial charge in [0.15, 0.2) is 32.7 Å². The monoisotopic (exact) mass is 378 g/mol. The van der Waals surface area contributed by atoms with Crippen molar-refractivity contribution in [1.82, 2.24) is 4.98 Å². The molecule has 2 aromatic heterocycles. The van der Waals surface area contributed by atoms with Crippen molar-refractivity contribution in [2.75, 3.05) is 31.2 Å². The van der Waals surface area contributed by atoms with Crippen LogP contribution in [-0.2, 0) is 4.74 Å². The number of pyridine rings is 2. The van der Waals surface area contributed by atoms with E-state index in [2.05, 4.69) is 9.88 Å². The van der Waals surface area contributed by atoms with Gasteiger partial charge in [0.05, 0.1) is 13.2 Å². The quantitative estimate of drug-likeness (QED) is 0.586. The highest BCUT2D eigenvalue weighted by atomic mass is 35.5.